The summed E-state index contributed by atoms with van der Waals surface area (Å²) in [5.74, 6) is 0.621. The van der Waals surface area contributed by atoms with Crippen LogP contribution in [-0.4, -0.2) is 36.1 Å². The molecule has 1 aromatic carbocycles. The molecule has 1 aromatic rings. The van der Waals surface area contributed by atoms with Crippen LogP contribution in [0, 0.1) is 5.92 Å². The second-order valence-electron chi connectivity index (χ2n) is 6.45. The van der Waals surface area contributed by atoms with Crippen LogP contribution in [0.25, 0.3) is 0 Å². The molecule has 2 rings (SSSR count). The van der Waals surface area contributed by atoms with Crippen molar-refractivity contribution >= 4 is 23.2 Å². The summed E-state index contributed by atoms with van der Waals surface area (Å²) >= 11 is 5.55. The molecule has 0 heterocycles. The van der Waals surface area contributed by atoms with E-state index in [2.05, 4.69) is 22.5 Å². The first kappa shape index (κ1) is 17.7. The van der Waals surface area contributed by atoms with E-state index in [1.807, 2.05) is 31.3 Å². The number of nitrogens with one attached hydrogen (secondary N) is 2. The number of hydrogen-bond donors (Lipinski definition) is 2. The molecule has 5 heteroatoms. The van der Waals surface area contributed by atoms with E-state index in [-0.39, 0.29) is 5.91 Å². The van der Waals surface area contributed by atoms with Crippen LogP contribution < -0.4 is 10.6 Å². The first-order valence-corrected chi connectivity index (χ1v) is 8.74. The molecule has 1 amide bonds. The molecular weight excluding hydrogens is 306 g/mol. The number of nitrogens with zero attached hydrogens (tertiary/aromatic N) is 1. The zero-order chi connectivity index (χ0) is 16.8. The molecule has 4 nitrogen and oxygen atoms in total. The summed E-state index contributed by atoms with van der Waals surface area (Å²) in [5, 5.41) is 6.95. The first-order chi connectivity index (χ1) is 11.0. The van der Waals surface area contributed by atoms with Gasteiger partial charge in [-0.25, -0.2) is 0 Å². The topological polar surface area (TPSA) is 44.4 Å². The molecule has 0 aromatic heterocycles. The molecule has 23 heavy (non-hydrogen) atoms. The fourth-order valence-electron chi connectivity index (χ4n) is 3.05. The number of carbonyl (C=O) groups excluding carboxylic acids is 1. The van der Waals surface area contributed by atoms with Gasteiger partial charge >= 0.3 is 0 Å². The molecule has 1 saturated carbocycles. The number of amides is 1. The van der Waals surface area contributed by atoms with E-state index in [4.69, 9.17) is 12.2 Å². The molecule has 2 N–H and O–H groups in total. The lowest BCUT2D eigenvalue weighted by molar-refractivity contribution is 0.0963. The van der Waals surface area contributed by atoms with E-state index in [9.17, 15) is 4.79 Å². The normalized spacial score (nSPS) is 20.7. The summed E-state index contributed by atoms with van der Waals surface area (Å²) in [6.07, 6.45) is 5.11. The monoisotopic (exact) mass is 333 g/mol. The largest absolute Gasteiger partial charge is 0.360 e. The lowest BCUT2D eigenvalue weighted by Crippen LogP contribution is -2.46. The number of carbonyl (C=O) groups is 1. The highest BCUT2D eigenvalue weighted by Crippen LogP contribution is 2.23. The van der Waals surface area contributed by atoms with E-state index in [1.165, 1.54) is 25.7 Å². The second kappa shape index (κ2) is 8.29. The number of benzene rings is 1. The van der Waals surface area contributed by atoms with Crippen molar-refractivity contribution in [2.75, 3.05) is 14.1 Å². The van der Waals surface area contributed by atoms with Crippen LogP contribution in [0.3, 0.4) is 0 Å². The van der Waals surface area contributed by atoms with Crippen LogP contribution >= 0.6 is 12.2 Å². The molecule has 0 aliphatic heterocycles. The van der Waals surface area contributed by atoms with Gasteiger partial charge in [0, 0.05) is 32.2 Å². The van der Waals surface area contributed by atoms with Crippen molar-refractivity contribution in [2.24, 2.45) is 5.92 Å². The molecule has 1 aliphatic carbocycles. The number of rotatable bonds is 4. The Bertz CT molecular complexity index is 544. The van der Waals surface area contributed by atoms with Gasteiger partial charge in [0.1, 0.15) is 0 Å². The SMILES string of the molecule is CNC(=O)c1ccc(CN(C)C(=S)N[C@H]2CCCC[C@H]2C)cc1. The fraction of sp³-hybridized carbons (Fsp3) is 0.556. The maximum absolute atomic E-state index is 11.6. The van der Waals surface area contributed by atoms with Gasteiger partial charge < -0.3 is 15.5 Å². The quantitative estimate of drug-likeness (QED) is 0.832. The van der Waals surface area contributed by atoms with Crippen LogP contribution in [-0.2, 0) is 6.54 Å². The van der Waals surface area contributed by atoms with Gasteiger partial charge in [-0.15, -0.1) is 0 Å². The maximum Gasteiger partial charge on any atom is 0.251 e. The average molecular weight is 334 g/mol. The minimum atomic E-state index is -0.0617. The third kappa shape index (κ3) is 4.93. The molecule has 0 unspecified atom stereocenters. The molecule has 1 aliphatic rings. The second-order valence-corrected chi connectivity index (χ2v) is 6.84. The summed E-state index contributed by atoms with van der Waals surface area (Å²) in [6, 6.07) is 8.15. The van der Waals surface area contributed by atoms with Gasteiger partial charge in [-0.2, -0.15) is 0 Å². The first-order valence-electron chi connectivity index (χ1n) is 8.34. The molecule has 0 saturated heterocycles. The van der Waals surface area contributed by atoms with Crippen LogP contribution in [0.1, 0.15) is 48.5 Å². The van der Waals surface area contributed by atoms with E-state index < -0.39 is 0 Å². The van der Waals surface area contributed by atoms with Gasteiger partial charge in [0.2, 0.25) is 0 Å². The number of thiocarbonyl (C=S) groups is 1. The summed E-state index contributed by atoms with van der Waals surface area (Å²) < 4.78 is 0. The summed E-state index contributed by atoms with van der Waals surface area (Å²) in [4.78, 5) is 13.6. The van der Waals surface area contributed by atoms with Crippen LogP contribution in [0.15, 0.2) is 24.3 Å². The van der Waals surface area contributed by atoms with Crippen molar-refractivity contribution in [2.45, 2.75) is 45.2 Å². The predicted molar refractivity (Wildman–Crippen MR) is 98.5 cm³/mol. The van der Waals surface area contributed by atoms with E-state index in [0.717, 1.165) is 17.2 Å². The molecule has 2 atom stereocenters. The lowest BCUT2D eigenvalue weighted by atomic mass is 9.86. The highest BCUT2D eigenvalue weighted by Gasteiger charge is 2.22. The smallest absolute Gasteiger partial charge is 0.251 e. The Labute approximate surface area is 144 Å². The summed E-state index contributed by atoms with van der Waals surface area (Å²) in [7, 11) is 3.65. The number of hydrogen-bond acceptors (Lipinski definition) is 2. The average Bonchev–Trinajstić information content (AvgIpc) is 2.56. The van der Waals surface area contributed by atoms with Gasteiger partial charge in [-0.3, -0.25) is 4.79 Å². The standard InChI is InChI=1S/C18H27N3OS/c1-13-6-4-5-7-16(13)20-18(23)21(3)12-14-8-10-15(11-9-14)17(22)19-2/h8-11,13,16H,4-7,12H2,1-3H3,(H,19,22)(H,20,23)/t13-,16+/m1/s1. The van der Waals surface area contributed by atoms with Crippen LogP contribution in [0.5, 0.6) is 0 Å². The van der Waals surface area contributed by atoms with Crippen molar-refractivity contribution in [1.29, 1.82) is 0 Å². The van der Waals surface area contributed by atoms with Gasteiger partial charge in [0.15, 0.2) is 5.11 Å². The van der Waals surface area contributed by atoms with Crippen LogP contribution in [0.4, 0.5) is 0 Å². The predicted octanol–water partition coefficient (Wildman–Crippen LogP) is 2.93. The van der Waals surface area contributed by atoms with Crippen molar-refractivity contribution in [3.63, 3.8) is 0 Å². The maximum atomic E-state index is 11.6. The zero-order valence-corrected chi connectivity index (χ0v) is 15.1. The Hall–Kier alpha value is -1.62. The lowest BCUT2D eigenvalue weighted by Gasteiger charge is -2.33. The molecule has 1 fully saturated rings. The van der Waals surface area contributed by atoms with Crippen molar-refractivity contribution < 1.29 is 4.79 Å². The molecule has 0 radical (unpaired) electrons. The third-order valence-electron chi connectivity index (χ3n) is 4.63. The minimum absolute atomic E-state index is 0.0617. The Morgan fingerprint density at radius 2 is 1.91 bits per heavy atom. The highest BCUT2D eigenvalue weighted by atomic mass is 32.1. The van der Waals surface area contributed by atoms with E-state index in [1.54, 1.807) is 7.05 Å². The van der Waals surface area contributed by atoms with Crippen molar-refractivity contribution in [1.82, 2.24) is 15.5 Å². The molecule has 126 valence electrons. The Balaban J connectivity index is 1.89. The minimum Gasteiger partial charge on any atom is -0.360 e. The molecule has 0 bridgehead atoms. The highest BCUT2D eigenvalue weighted by molar-refractivity contribution is 7.80. The summed E-state index contributed by atoms with van der Waals surface area (Å²) in [5.41, 5.74) is 1.82. The molecule has 0 spiro atoms. The van der Waals surface area contributed by atoms with Gasteiger partial charge in [0.25, 0.3) is 5.91 Å². The van der Waals surface area contributed by atoms with E-state index >= 15 is 0 Å². The Morgan fingerprint density at radius 1 is 1.26 bits per heavy atom. The third-order valence-corrected chi connectivity index (χ3v) is 5.06. The summed E-state index contributed by atoms with van der Waals surface area (Å²) in [6.45, 7) is 3.04. The van der Waals surface area contributed by atoms with Gasteiger partial charge in [0.05, 0.1) is 0 Å². The zero-order valence-electron chi connectivity index (χ0n) is 14.3. The van der Waals surface area contributed by atoms with Crippen LogP contribution in [0.2, 0.25) is 0 Å². The van der Waals surface area contributed by atoms with Gasteiger partial charge in [-0.05, 0) is 48.7 Å². The Kier molecular flexibility index (Phi) is 6.39. The Morgan fingerprint density at radius 3 is 2.52 bits per heavy atom. The van der Waals surface area contributed by atoms with Crippen molar-refractivity contribution in [3.05, 3.63) is 35.4 Å². The van der Waals surface area contributed by atoms with E-state index in [0.29, 0.717) is 17.5 Å². The fourth-order valence-corrected chi connectivity index (χ4v) is 3.27. The van der Waals surface area contributed by atoms with Crippen molar-refractivity contribution in [3.8, 4) is 0 Å². The molecular formula is C18H27N3OS. The van der Waals surface area contributed by atoms with Gasteiger partial charge in [-0.1, -0.05) is 31.9 Å².